The first-order valence-corrected chi connectivity index (χ1v) is 8.58. The Hall–Kier alpha value is -2.51. The second kappa shape index (κ2) is 6.18. The van der Waals surface area contributed by atoms with E-state index in [-0.39, 0.29) is 0 Å². The molecular weight excluding hydrogens is 322 g/mol. The predicted octanol–water partition coefficient (Wildman–Crippen LogP) is 3.35. The molecule has 1 unspecified atom stereocenters. The van der Waals surface area contributed by atoms with Gasteiger partial charge in [-0.25, -0.2) is 9.98 Å². The maximum Gasteiger partial charge on any atom is 0.177 e. The number of nitrogens with one attached hydrogen (secondary N) is 1. The lowest BCUT2D eigenvalue weighted by molar-refractivity contribution is 0.574. The summed E-state index contributed by atoms with van der Waals surface area (Å²) in [5, 5.41) is 4.14. The third-order valence-electron chi connectivity index (χ3n) is 3.84. The van der Waals surface area contributed by atoms with Crippen LogP contribution < -0.4 is 11.1 Å². The summed E-state index contributed by atoms with van der Waals surface area (Å²) in [6.07, 6.45) is 1.16. The minimum absolute atomic E-state index is 0.477. The molecule has 0 amide bonds. The maximum absolute atomic E-state index is 6.19. The van der Waals surface area contributed by atoms with Crippen molar-refractivity contribution in [2.24, 2.45) is 17.8 Å². The molecule has 0 saturated carbocycles. The Kier molecular flexibility index (Phi) is 3.87. The van der Waals surface area contributed by atoms with Crippen molar-refractivity contribution in [3.05, 3.63) is 60.0 Å². The fourth-order valence-electron chi connectivity index (χ4n) is 2.62. The van der Waals surface area contributed by atoms with Gasteiger partial charge >= 0.3 is 0 Å². The van der Waals surface area contributed by atoms with Crippen molar-refractivity contribution < 1.29 is 4.42 Å². The molecule has 0 fully saturated rings. The highest BCUT2D eigenvalue weighted by Crippen LogP contribution is 2.33. The van der Waals surface area contributed by atoms with Crippen molar-refractivity contribution in [2.45, 2.75) is 11.9 Å². The molecule has 1 aromatic carbocycles. The number of hydrogen-bond donors (Lipinski definition) is 2. The summed E-state index contributed by atoms with van der Waals surface area (Å²) in [5.74, 6) is 3.13. The van der Waals surface area contributed by atoms with Crippen LogP contribution in [0, 0.1) is 0 Å². The number of aromatic nitrogens is 2. The quantitative estimate of drug-likeness (QED) is 0.765. The van der Waals surface area contributed by atoms with Gasteiger partial charge in [0.1, 0.15) is 17.7 Å². The van der Waals surface area contributed by atoms with Crippen molar-refractivity contribution in [2.75, 3.05) is 5.32 Å². The lowest BCUT2D eigenvalue weighted by atomic mass is 10.2. The van der Waals surface area contributed by atoms with Crippen LogP contribution in [0.2, 0.25) is 0 Å². The van der Waals surface area contributed by atoms with Crippen LogP contribution in [0.1, 0.15) is 17.4 Å². The number of anilines is 1. The molecule has 0 radical (unpaired) electrons. The summed E-state index contributed by atoms with van der Waals surface area (Å²) in [6.45, 7) is 0. The molecule has 3 N–H and O–H groups in total. The molecule has 2 aromatic heterocycles. The number of benzene rings is 1. The van der Waals surface area contributed by atoms with Crippen molar-refractivity contribution in [3.8, 4) is 11.6 Å². The monoisotopic (exact) mass is 339 g/mol. The topological polar surface area (TPSA) is 81.4 Å². The number of aliphatic imine (C=N–C) groups is 1. The first kappa shape index (κ1) is 15.0. The van der Waals surface area contributed by atoms with E-state index in [2.05, 4.69) is 27.4 Å². The predicted molar refractivity (Wildman–Crippen MR) is 96.6 cm³/mol. The van der Waals surface area contributed by atoms with Crippen LogP contribution in [0.3, 0.4) is 0 Å². The second-order valence-electron chi connectivity index (χ2n) is 5.48. The largest absolute Gasteiger partial charge is 0.461 e. The van der Waals surface area contributed by atoms with E-state index in [1.807, 2.05) is 41.9 Å². The molecule has 6 nitrogen and oxygen atoms in total. The summed E-state index contributed by atoms with van der Waals surface area (Å²) < 4.78 is 7.40. The normalized spacial score (nSPS) is 16.4. The maximum atomic E-state index is 6.19. The van der Waals surface area contributed by atoms with E-state index in [0.717, 1.165) is 28.3 Å². The minimum atomic E-state index is -0.477. The number of fused-ring (bicyclic) bond motifs is 1. The number of thioether (sulfide) groups is 1. The van der Waals surface area contributed by atoms with Gasteiger partial charge in [-0.1, -0.05) is 42.1 Å². The van der Waals surface area contributed by atoms with E-state index in [4.69, 9.17) is 10.2 Å². The number of hydrogen-bond acceptors (Lipinski definition) is 6. The molecule has 3 heterocycles. The summed E-state index contributed by atoms with van der Waals surface area (Å²) in [4.78, 5) is 9.11. The Morgan fingerprint density at radius 3 is 2.83 bits per heavy atom. The van der Waals surface area contributed by atoms with E-state index in [1.165, 1.54) is 5.56 Å². The fraction of sp³-hybridized carbons (Fsp3) is 0.176. The van der Waals surface area contributed by atoms with E-state index in [9.17, 15) is 0 Å². The first-order valence-electron chi connectivity index (χ1n) is 7.60. The van der Waals surface area contributed by atoms with Crippen LogP contribution in [0.5, 0.6) is 0 Å². The lowest BCUT2D eigenvalue weighted by Gasteiger charge is -2.19. The number of nitrogens with two attached hydrogens (primary N) is 1. The highest BCUT2D eigenvalue weighted by atomic mass is 32.2. The van der Waals surface area contributed by atoms with E-state index < -0.39 is 6.17 Å². The Morgan fingerprint density at radius 1 is 1.25 bits per heavy atom. The van der Waals surface area contributed by atoms with Gasteiger partial charge in [-0.3, -0.25) is 0 Å². The van der Waals surface area contributed by atoms with Gasteiger partial charge in [0.05, 0.1) is 6.26 Å². The summed E-state index contributed by atoms with van der Waals surface area (Å²) >= 11 is 1.63. The Morgan fingerprint density at radius 2 is 2.08 bits per heavy atom. The average Bonchev–Trinajstić information content (AvgIpc) is 3.23. The van der Waals surface area contributed by atoms with Gasteiger partial charge in [0.15, 0.2) is 16.8 Å². The van der Waals surface area contributed by atoms with Gasteiger partial charge in [0.25, 0.3) is 0 Å². The van der Waals surface area contributed by atoms with Crippen molar-refractivity contribution in [3.63, 3.8) is 0 Å². The molecular formula is C17H17N5OS. The minimum Gasteiger partial charge on any atom is -0.461 e. The van der Waals surface area contributed by atoms with Crippen molar-refractivity contribution >= 4 is 22.7 Å². The SMILES string of the molecule is Cn1c(-c2ccco2)nc2c1NC(SCc1ccccc1)=NC2N. The number of nitrogens with zero attached hydrogens (tertiary/aromatic N) is 3. The molecule has 0 saturated heterocycles. The molecule has 1 aliphatic heterocycles. The van der Waals surface area contributed by atoms with Crippen LogP contribution in [0.4, 0.5) is 5.82 Å². The average molecular weight is 339 g/mol. The van der Waals surface area contributed by atoms with E-state index >= 15 is 0 Å². The Labute approximate surface area is 143 Å². The standard InChI is InChI=1S/C17H17N5OS/c1-22-15(12-8-5-9-23-12)19-13-14(18)20-17(21-16(13)22)24-10-11-6-3-2-4-7-11/h2-9,14H,10,18H2,1H3,(H,20,21). The van der Waals surface area contributed by atoms with Gasteiger partial charge < -0.3 is 20.0 Å². The Bertz CT molecular complexity index is 870. The molecule has 1 atom stereocenters. The summed E-state index contributed by atoms with van der Waals surface area (Å²) in [6, 6.07) is 14.0. The molecule has 3 aromatic rings. The van der Waals surface area contributed by atoms with Crippen LogP contribution >= 0.6 is 11.8 Å². The van der Waals surface area contributed by atoms with Crippen molar-refractivity contribution in [1.82, 2.24) is 9.55 Å². The van der Waals surface area contributed by atoms with Crippen LogP contribution in [-0.2, 0) is 12.8 Å². The molecule has 24 heavy (non-hydrogen) atoms. The van der Waals surface area contributed by atoms with Crippen LogP contribution in [-0.4, -0.2) is 14.7 Å². The van der Waals surface area contributed by atoms with E-state index in [1.54, 1.807) is 18.0 Å². The third-order valence-corrected chi connectivity index (χ3v) is 4.80. The van der Waals surface area contributed by atoms with Gasteiger partial charge in [-0.05, 0) is 17.7 Å². The number of furan rings is 1. The van der Waals surface area contributed by atoms with Gasteiger partial charge in [-0.15, -0.1) is 0 Å². The number of imidazole rings is 1. The van der Waals surface area contributed by atoms with E-state index in [0.29, 0.717) is 5.76 Å². The number of rotatable bonds is 3. The zero-order valence-electron chi connectivity index (χ0n) is 13.1. The van der Waals surface area contributed by atoms with Gasteiger partial charge in [0.2, 0.25) is 0 Å². The lowest BCUT2D eigenvalue weighted by Crippen LogP contribution is -2.23. The molecule has 0 bridgehead atoms. The zero-order valence-corrected chi connectivity index (χ0v) is 14.0. The number of amidine groups is 1. The van der Waals surface area contributed by atoms with Crippen LogP contribution in [0.15, 0.2) is 58.1 Å². The summed E-state index contributed by atoms with van der Waals surface area (Å²) in [7, 11) is 1.94. The molecule has 1 aliphatic rings. The zero-order chi connectivity index (χ0) is 16.5. The summed E-state index contributed by atoms with van der Waals surface area (Å²) in [5.41, 5.74) is 8.17. The highest BCUT2D eigenvalue weighted by Gasteiger charge is 2.26. The Balaban J connectivity index is 1.56. The second-order valence-corrected chi connectivity index (χ2v) is 6.45. The third kappa shape index (κ3) is 2.72. The highest BCUT2D eigenvalue weighted by molar-refractivity contribution is 8.13. The first-order chi connectivity index (χ1) is 11.7. The van der Waals surface area contributed by atoms with Gasteiger partial charge in [-0.2, -0.15) is 0 Å². The smallest absolute Gasteiger partial charge is 0.177 e. The molecule has 122 valence electrons. The van der Waals surface area contributed by atoms with Crippen LogP contribution in [0.25, 0.3) is 11.6 Å². The molecule has 0 aliphatic carbocycles. The fourth-order valence-corrected chi connectivity index (χ4v) is 3.47. The van der Waals surface area contributed by atoms with Crippen molar-refractivity contribution in [1.29, 1.82) is 0 Å². The van der Waals surface area contributed by atoms with Gasteiger partial charge in [0, 0.05) is 12.8 Å². The molecule has 4 rings (SSSR count). The molecule has 7 heteroatoms. The molecule has 0 spiro atoms.